The van der Waals surface area contributed by atoms with Crippen LogP contribution in [0.15, 0.2) is 22.7 Å². The summed E-state index contributed by atoms with van der Waals surface area (Å²) in [6.07, 6.45) is 0.998. The van der Waals surface area contributed by atoms with E-state index in [1.165, 1.54) is 12.1 Å². The first-order valence-corrected chi connectivity index (χ1v) is 9.08. The van der Waals surface area contributed by atoms with Gasteiger partial charge in [-0.2, -0.15) is 4.98 Å². The van der Waals surface area contributed by atoms with Gasteiger partial charge in [-0.05, 0) is 38.0 Å². The molecule has 3 rings (SSSR count). The van der Waals surface area contributed by atoms with Gasteiger partial charge in [0.1, 0.15) is 12.2 Å². The molecule has 9 heteroatoms. The molecule has 0 radical (unpaired) electrons. The van der Waals surface area contributed by atoms with E-state index in [9.17, 15) is 14.0 Å². The second-order valence-corrected chi connectivity index (χ2v) is 6.65. The van der Waals surface area contributed by atoms with Crippen LogP contribution >= 0.6 is 11.6 Å². The lowest BCUT2D eigenvalue weighted by Gasteiger charge is -2.30. The van der Waals surface area contributed by atoms with Gasteiger partial charge in [0, 0.05) is 24.0 Å². The van der Waals surface area contributed by atoms with Crippen molar-refractivity contribution in [1.82, 2.24) is 15.0 Å². The Bertz CT molecular complexity index is 834. The SMILES string of the molecule is CCOC(=O)CC(=O)N1CCC(c2nc(-c3ccc(Cl)cc3F)no2)CC1. The van der Waals surface area contributed by atoms with Gasteiger partial charge in [0.25, 0.3) is 0 Å². The molecule has 0 N–H and O–H groups in total. The van der Waals surface area contributed by atoms with Crippen LogP contribution in [0.4, 0.5) is 4.39 Å². The third-order valence-corrected chi connectivity index (χ3v) is 4.65. The van der Waals surface area contributed by atoms with Crippen molar-refractivity contribution in [3.63, 3.8) is 0 Å². The number of benzene rings is 1. The zero-order valence-corrected chi connectivity index (χ0v) is 15.5. The highest BCUT2D eigenvalue weighted by molar-refractivity contribution is 6.30. The van der Waals surface area contributed by atoms with E-state index < -0.39 is 11.8 Å². The van der Waals surface area contributed by atoms with Crippen LogP contribution in [0.5, 0.6) is 0 Å². The van der Waals surface area contributed by atoms with Crippen LogP contribution in [0.1, 0.15) is 38.0 Å². The number of nitrogens with zero attached hydrogens (tertiary/aromatic N) is 3. The van der Waals surface area contributed by atoms with Crippen molar-refractivity contribution in [2.45, 2.75) is 32.1 Å². The maximum Gasteiger partial charge on any atom is 0.315 e. The number of carbonyl (C=O) groups is 2. The van der Waals surface area contributed by atoms with Crippen LogP contribution in [-0.2, 0) is 14.3 Å². The monoisotopic (exact) mass is 395 g/mol. The molecule has 0 bridgehead atoms. The van der Waals surface area contributed by atoms with Crippen LogP contribution in [0, 0.1) is 5.82 Å². The average Bonchev–Trinajstić information content (AvgIpc) is 3.11. The zero-order chi connectivity index (χ0) is 19.4. The number of piperidine rings is 1. The molecule has 1 aromatic heterocycles. The lowest BCUT2D eigenvalue weighted by atomic mass is 9.96. The number of carbonyl (C=O) groups excluding carboxylic acids is 2. The van der Waals surface area contributed by atoms with E-state index in [1.807, 2.05) is 0 Å². The highest BCUT2D eigenvalue weighted by Crippen LogP contribution is 2.30. The molecule has 0 saturated carbocycles. The fourth-order valence-electron chi connectivity index (χ4n) is 3.00. The van der Waals surface area contributed by atoms with Gasteiger partial charge < -0.3 is 14.2 Å². The molecular weight excluding hydrogens is 377 g/mol. The molecule has 0 spiro atoms. The number of hydrogen-bond acceptors (Lipinski definition) is 6. The second-order valence-electron chi connectivity index (χ2n) is 6.22. The van der Waals surface area contributed by atoms with Gasteiger partial charge in [-0.15, -0.1) is 0 Å². The van der Waals surface area contributed by atoms with Gasteiger partial charge in [0.05, 0.1) is 12.2 Å². The predicted molar refractivity (Wildman–Crippen MR) is 94.5 cm³/mol. The molecule has 1 fully saturated rings. The topological polar surface area (TPSA) is 85.5 Å². The first kappa shape index (κ1) is 19.3. The van der Waals surface area contributed by atoms with Gasteiger partial charge in [-0.1, -0.05) is 16.8 Å². The van der Waals surface area contributed by atoms with Crippen molar-refractivity contribution >= 4 is 23.5 Å². The maximum absolute atomic E-state index is 14.0. The molecule has 1 aromatic carbocycles. The van der Waals surface area contributed by atoms with Gasteiger partial charge in [0.2, 0.25) is 17.6 Å². The van der Waals surface area contributed by atoms with E-state index in [4.69, 9.17) is 20.9 Å². The minimum absolute atomic E-state index is 0.0201. The number of aromatic nitrogens is 2. The summed E-state index contributed by atoms with van der Waals surface area (Å²) in [5.74, 6) is -0.725. The summed E-state index contributed by atoms with van der Waals surface area (Å²) in [5, 5.41) is 4.15. The number of ether oxygens (including phenoxy) is 1. The first-order chi connectivity index (χ1) is 13.0. The maximum atomic E-state index is 14.0. The summed E-state index contributed by atoms with van der Waals surface area (Å²) in [5.41, 5.74) is 0.219. The van der Waals surface area contributed by atoms with Crippen LogP contribution in [0.2, 0.25) is 5.02 Å². The van der Waals surface area contributed by atoms with E-state index in [-0.39, 0.29) is 36.2 Å². The Balaban J connectivity index is 1.59. The number of halogens is 2. The Labute approximate surface area is 160 Å². The third kappa shape index (κ3) is 4.63. The summed E-state index contributed by atoms with van der Waals surface area (Å²) < 4.78 is 24.1. The molecule has 1 aliphatic heterocycles. The summed E-state index contributed by atoms with van der Waals surface area (Å²) in [7, 11) is 0. The molecule has 1 amide bonds. The molecule has 0 unspecified atom stereocenters. The third-order valence-electron chi connectivity index (χ3n) is 4.41. The molecule has 2 heterocycles. The molecule has 1 aliphatic rings. The average molecular weight is 396 g/mol. The van der Waals surface area contributed by atoms with Crippen LogP contribution in [-0.4, -0.2) is 46.6 Å². The van der Waals surface area contributed by atoms with Crippen molar-refractivity contribution in [3.05, 3.63) is 34.9 Å². The Morgan fingerprint density at radius 3 is 2.78 bits per heavy atom. The molecule has 0 aliphatic carbocycles. The number of amides is 1. The number of hydrogen-bond donors (Lipinski definition) is 0. The van der Waals surface area contributed by atoms with Gasteiger partial charge in [-0.25, -0.2) is 4.39 Å². The summed E-state index contributed by atoms with van der Waals surface area (Å²) in [6, 6.07) is 4.26. The normalized spacial score (nSPS) is 15.0. The van der Waals surface area contributed by atoms with E-state index in [0.29, 0.717) is 36.8 Å². The number of esters is 1. The van der Waals surface area contributed by atoms with Crippen molar-refractivity contribution < 1.29 is 23.2 Å². The highest BCUT2D eigenvalue weighted by atomic mass is 35.5. The Morgan fingerprint density at radius 2 is 2.11 bits per heavy atom. The molecule has 7 nitrogen and oxygen atoms in total. The lowest BCUT2D eigenvalue weighted by Crippen LogP contribution is -2.39. The van der Waals surface area contributed by atoms with Crippen molar-refractivity contribution in [2.24, 2.45) is 0 Å². The molecular formula is C18H19ClFN3O4. The highest BCUT2D eigenvalue weighted by Gasteiger charge is 2.28. The fourth-order valence-corrected chi connectivity index (χ4v) is 3.16. The molecule has 1 saturated heterocycles. The van der Waals surface area contributed by atoms with Crippen LogP contribution < -0.4 is 0 Å². The van der Waals surface area contributed by atoms with Crippen LogP contribution in [0.25, 0.3) is 11.4 Å². The lowest BCUT2D eigenvalue weighted by molar-refractivity contribution is -0.149. The van der Waals surface area contributed by atoms with E-state index >= 15 is 0 Å². The van der Waals surface area contributed by atoms with E-state index in [0.717, 1.165) is 0 Å². The summed E-state index contributed by atoms with van der Waals surface area (Å²) in [4.78, 5) is 29.5. The smallest absolute Gasteiger partial charge is 0.315 e. The zero-order valence-electron chi connectivity index (χ0n) is 14.8. The molecule has 144 valence electrons. The van der Waals surface area contributed by atoms with E-state index in [1.54, 1.807) is 17.9 Å². The minimum atomic E-state index is -0.519. The van der Waals surface area contributed by atoms with E-state index in [2.05, 4.69) is 10.1 Å². The number of likely N-dealkylation sites (tertiary alicyclic amines) is 1. The summed E-state index contributed by atoms with van der Waals surface area (Å²) in [6.45, 7) is 2.91. The van der Waals surface area contributed by atoms with Gasteiger partial charge in [-0.3, -0.25) is 9.59 Å². The predicted octanol–water partition coefficient (Wildman–Crippen LogP) is 3.19. The second kappa shape index (κ2) is 8.47. The first-order valence-electron chi connectivity index (χ1n) is 8.70. The molecule has 27 heavy (non-hydrogen) atoms. The fraction of sp³-hybridized carbons (Fsp3) is 0.444. The standard InChI is InChI=1S/C18H19ClFN3O4/c1-2-26-16(25)10-15(24)23-7-5-11(6-8-23)18-21-17(22-27-18)13-4-3-12(19)9-14(13)20/h3-4,9,11H,2,5-8,10H2,1H3. The molecule has 2 aromatic rings. The summed E-state index contributed by atoms with van der Waals surface area (Å²) >= 11 is 5.75. The Kier molecular flexibility index (Phi) is 6.05. The van der Waals surface area contributed by atoms with Crippen LogP contribution in [0.3, 0.4) is 0 Å². The van der Waals surface area contributed by atoms with Gasteiger partial charge in [0.15, 0.2) is 0 Å². The number of rotatable bonds is 5. The van der Waals surface area contributed by atoms with Crippen molar-refractivity contribution in [2.75, 3.05) is 19.7 Å². The minimum Gasteiger partial charge on any atom is -0.466 e. The van der Waals surface area contributed by atoms with Gasteiger partial charge >= 0.3 is 5.97 Å². The van der Waals surface area contributed by atoms with Crippen molar-refractivity contribution in [1.29, 1.82) is 0 Å². The molecule has 0 atom stereocenters. The Hall–Kier alpha value is -2.48. The largest absolute Gasteiger partial charge is 0.466 e. The van der Waals surface area contributed by atoms with Crippen molar-refractivity contribution in [3.8, 4) is 11.4 Å². The quantitative estimate of drug-likeness (QED) is 0.571. The Morgan fingerprint density at radius 1 is 1.37 bits per heavy atom.